The average molecular weight is 257 g/mol. The number of hydrogen-bond acceptors (Lipinski definition) is 3. The Labute approximate surface area is 96.6 Å². The standard InChI is InChI=1S/C9H11F3N2O.ClH/c10-9(11,12)8(13)4-6-3-7(15-14-6)5-1-2-5;/h3,5,8H,1-2,4,13H2;1H. The molecule has 2 N–H and O–H groups in total. The summed E-state index contributed by atoms with van der Waals surface area (Å²) in [7, 11) is 0. The van der Waals surface area contributed by atoms with Crippen molar-refractivity contribution in [2.45, 2.75) is 37.4 Å². The fourth-order valence-electron chi connectivity index (χ4n) is 1.33. The van der Waals surface area contributed by atoms with Crippen molar-refractivity contribution in [2.75, 3.05) is 0 Å². The van der Waals surface area contributed by atoms with Crippen molar-refractivity contribution in [1.82, 2.24) is 5.16 Å². The highest BCUT2D eigenvalue weighted by atomic mass is 35.5. The van der Waals surface area contributed by atoms with E-state index in [0.717, 1.165) is 12.8 Å². The fourth-order valence-corrected chi connectivity index (χ4v) is 1.33. The predicted molar refractivity (Wildman–Crippen MR) is 53.5 cm³/mol. The van der Waals surface area contributed by atoms with Crippen molar-refractivity contribution >= 4 is 12.4 Å². The lowest BCUT2D eigenvalue weighted by Crippen LogP contribution is -2.39. The Kier molecular flexibility index (Phi) is 3.85. The van der Waals surface area contributed by atoms with Gasteiger partial charge in [0.25, 0.3) is 0 Å². The lowest BCUT2D eigenvalue weighted by Gasteiger charge is -2.13. The summed E-state index contributed by atoms with van der Waals surface area (Å²) in [6.45, 7) is 0. The van der Waals surface area contributed by atoms with Gasteiger partial charge in [0.05, 0.1) is 5.69 Å². The Morgan fingerprint density at radius 2 is 2.12 bits per heavy atom. The van der Waals surface area contributed by atoms with Crippen LogP contribution in [0.15, 0.2) is 10.6 Å². The van der Waals surface area contributed by atoms with Crippen LogP contribution in [0.5, 0.6) is 0 Å². The Bertz CT molecular complexity index is 349. The highest BCUT2D eigenvalue weighted by molar-refractivity contribution is 5.85. The third-order valence-electron chi connectivity index (χ3n) is 2.41. The van der Waals surface area contributed by atoms with E-state index in [1.54, 1.807) is 6.07 Å². The second-order valence-corrected chi connectivity index (χ2v) is 3.85. The monoisotopic (exact) mass is 256 g/mol. The number of rotatable bonds is 3. The molecule has 1 aliphatic rings. The van der Waals surface area contributed by atoms with Gasteiger partial charge in [-0.25, -0.2) is 0 Å². The molecule has 1 aromatic heterocycles. The molecule has 2 rings (SSSR count). The minimum absolute atomic E-state index is 0. The highest BCUT2D eigenvalue weighted by Crippen LogP contribution is 2.40. The van der Waals surface area contributed by atoms with E-state index in [0.29, 0.717) is 11.7 Å². The van der Waals surface area contributed by atoms with Gasteiger partial charge in [-0.15, -0.1) is 12.4 Å². The van der Waals surface area contributed by atoms with Crippen LogP contribution >= 0.6 is 12.4 Å². The van der Waals surface area contributed by atoms with Gasteiger partial charge in [0, 0.05) is 18.4 Å². The molecular weight excluding hydrogens is 245 g/mol. The molecule has 0 aromatic carbocycles. The molecule has 0 saturated heterocycles. The molecule has 0 amide bonds. The quantitative estimate of drug-likeness (QED) is 0.904. The van der Waals surface area contributed by atoms with E-state index in [2.05, 4.69) is 5.16 Å². The molecule has 3 nitrogen and oxygen atoms in total. The maximum absolute atomic E-state index is 12.1. The summed E-state index contributed by atoms with van der Waals surface area (Å²) in [5, 5.41) is 3.58. The zero-order chi connectivity index (χ0) is 11.1. The van der Waals surface area contributed by atoms with Crippen LogP contribution in [0.4, 0.5) is 13.2 Å². The van der Waals surface area contributed by atoms with Crippen LogP contribution in [0.1, 0.15) is 30.2 Å². The molecule has 1 heterocycles. The minimum Gasteiger partial charge on any atom is -0.361 e. The molecule has 1 unspecified atom stereocenters. The van der Waals surface area contributed by atoms with Crippen molar-refractivity contribution in [3.8, 4) is 0 Å². The Hall–Kier alpha value is -0.750. The van der Waals surface area contributed by atoms with Gasteiger partial charge in [-0.3, -0.25) is 0 Å². The highest BCUT2D eigenvalue weighted by Gasteiger charge is 2.37. The zero-order valence-electron chi connectivity index (χ0n) is 8.33. The summed E-state index contributed by atoms with van der Waals surface area (Å²) in [6.07, 6.45) is -2.64. The van der Waals surface area contributed by atoms with Crippen molar-refractivity contribution < 1.29 is 17.7 Å². The zero-order valence-corrected chi connectivity index (χ0v) is 9.14. The van der Waals surface area contributed by atoms with Gasteiger partial charge in [-0.2, -0.15) is 13.2 Å². The molecule has 1 fully saturated rings. The van der Waals surface area contributed by atoms with Crippen LogP contribution in [-0.2, 0) is 6.42 Å². The SMILES string of the molecule is Cl.NC(Cc1cc(C2CC2)on1)C(F)(F)F. The first-order valence-corrected chi connectivity index (χ1v) is 4.74. The second-order valence-electron chi connectivity index (χ2n) is 3.85. The van der Waals surface area contributed by atoms with E-state index < -0.39 is 12.2 Å². The van der Waals surface area contributed by atoms with Crippen LogP contribution in [0.2, 0.25) is 0 Å². The maximum atomic E-state index is 12.1. The summed E-state index contributed by atoms with van der Waals surface area (Å²) in [5.41, 5.74) is 5.26. The Morgan fingerprint density at radius 3 is 2.62 bits per heavy atom. The third kappa shape index (κ3) is 3.12. The maximum Gasteiger partial charge on any atom is 0.404 e. The molecule has 0 radical (unpaired) electrons. The lowest BCUT2D eigenvalue weighted by atomic mass is 10.1. The van der Waals surface area contributed by atoms with Crippen molar-refractivity contribution in [2.24, 2.45) is 5.73 Å². The molecule has 0 spiro atoms. The molecule has 1 aromatic rings. The number of halogens is 4. The molecule has 1 atom stereocenters. The van der Waals surface area contributed by atoms with Crippen LogP contribution in [0.25, 0.3) is 0 Å². The van der Waals surface area contributed by atoms with Gasteiger partial charge in [0.2, 0.25) is 0 Å². The van der Waals surface area contributed by atoms with Gasteiger partial charge in [-0.1, -0.05) is 5.16 Å². The van der Waals surface area contributed by atoms with E-state index >= 15 is 0 Å². The summed E-state index contributed by atoms with van der Waals surface area (Å²) in [4.78, 5) is 0. The normalized spacial score (nSPS) is 18.0. The first-order chi connectivity index (χ1) is 6.97. The summed E-state index contributed by atoms with van der Waals surface area (Å²) < 4.78 is 41.3. The lowest BCUT2D eigenvalue weighted by molar-refractivity contribution is -0.147. The third-order valence-corrected chi connectivity index (χ3v) is 2.41. The van der Waals surface area contributed by atoms with Crippen LogP contribution in [0.3, 0.4) is 0 Å². The van der Waals surface area contributed by atoms with Gasteiger partial charge in [-0.05, 0) is 12.8 Å². The van der Waals surface area contributed by atoms with Crippen LogP contribution < -0.4 is 5.73 Å². The minimum atomic E-state index is -4.38. The van der Waals surface area contributed by atoms with Gasteiger partial charge < -0.3 is 10.3 Å². The number of nitrogens with two attached hydrogens (primary N) is 1. The molecule has 92 valence electrons. The van der Waals surface area contributed by atoms with Crippen LogP contribution in [-0.4, -0.2) is 17.4 Å². The molecule has 16 heavy (non-hydrogen) atoms. The molecule has 0 aliphatic heterocycles. The van der Waals surface area contributed by atoms with E-state index in [1.807, 2.05) is 0 Å². The topological polar surface area (TPSA) is 52.0 Å². The summed E-state index contributed by atoms with van der Waals surface area (Å²) >= 11 is 0. The average Bonchev–Trinajstić information content (AvgIpc) is 2.87. The first-order valence-electron chi connectivity index (χ1n) is 4.74. The molecule has 1 saturated carbocycles. The second kappa shape index (κ2) is 4.63. The van der Waals surface area contributed by atoms with Crippen molar-refractivity contribution in [1.29, 1.82) is 0 Å². The summed E-state index contributed by atoms with van der Waals surface area (Å²) in [6, 6.07) is -0.293. The molecular formula is C9H12ClF3N2O. The Balaban J connectivity index is 0.00000128. The van der Waals surface area contributed by atoms with E-state index in [4.69, 9.17) is 10.3 Å². The fraction of sp³-hybridized carbons (Fsp3) is 0.667. The molecule has 0 bridgehead atoms. The van der Waals surface area contributed by atoms with Crippen molar-refractivity contribution in [3.63, 3.8) is 0 Å². The van der Waals surface area contributed by atoms with Crippen molar-refractivity contribution in [3.05, 3.63) is 17.5 Å². The summed E-state index contributed by atoms with van der Waals surface area (Å²) in [5.74, 6) is 1.03. The van der Waals surface area contributed by atoms with Gasteiger partial charge in [0.1, 0.15) is 11.8 Å². The number of hydrogen-bond donors (Lipinski definition) is 1. The first kappa shape index (κ1) is 13.3. The van der Waals surface area contributed by atoms with E-state index in [-0.39, 0.29) is 24.5 Å². The largest absolute Gasteiger partial charge is 0.404 e. The predicted octanol–water partition coefficient (Wildman–Crippen LogP) is 2.41. The Morgan fingerprint density at radius 1 is 1.50 bits per heavy atom. The van der Waals surface area contributed by atoms with E-state index in [1.165, 1.54) is 0 Å². The van der Waals surface area contributed by atoms with Gasteiger partial charge in [0.15, 0.2) is 0 Å². The molecule has 1 aliphatic carbocycles. The number of aromatic nitrogens is 1. The number of nitrogens with zero attached hydrogens (tertiary/aromatic N) is 1. The number of alkyl halides is 3. The van der Waals surface area contributed by atoms with Gasteiger partial charge >= 0.3 is 6.18 Å². The molecule has 7 heteroatoms. The van der Waals surface area contributed by atoms with E-state index in [9.17, 15) is 13.2 Å². The van der Waals surface area contributed by atoms with Crippen LogP contribution in [0, 0.1) is 0 Å². The smallest absolute Gasteiger partial charge is 0.361 e.